The van der Waals surface area contributed by atoms with Gasteiger partial charge in [0.05, 0.1) is 16.3 Å². The molecular weight excluding hydrogens is 402 g/mol. The van der Waals surface area contributed by atoms with Gasteiger partial charge in [-0.15, -0.1) is 0 Å². The molecule has 30 heavy (non-hydrogen) atoms. The molecule has 0 bridgehead atoms. The number of amides is 1. The van der Waals surface area contributed by atoms with Crippen molar-refractivity contribution in [1.82, 2.24) is 5.32 Å². The summed E-state index contributed by atoms with van der Waals surface area (Å²) in [5.74, 6) is 0.424. The third-order valence-corrected chi connectivity index (χ3v) is 6.07. The quantitative estimate of drug-likeness (QED) is 0.437. The molecule has 2 aromatic rings. The SMILES string of the molecule is CC1(C)[C@H](NC(=O)c2ccc(NN=N)cc2)C(C)(C)[C@H]1Oc1ccc(C#N)c(Cl)c1. The highest BCUT2D eigenvalue weighted by atomic mass is 35.5. The molecule has 0 aromatic heterocycles. The number of carbonyl (C=O) groups is 1. The number of hydrogen-bond donors (Lipinski definition) is 3. The molecule has 3 N–H and O–H groups in total. The molecule has 7 nitrogen and oxygen atoms in total. The Kier molecular flexibility index (Phi) is 5.73. The van der Waals surface area contributed by atoms with E-state index in [0.29, 0.717) is 27.6 Å². The van der Waals surface area contributed by atoms with Gasteiger partial charge in [0.1, 0.15) is 17.9 Å². The van der Waals surface area contributed by atoms with Crippen molar-refractivity contribution in [3.63, 3.8) is 0 Å². The summed E-state index contributed by atoms with van der Waals surface area (Å²) in [5.41, 5.74) is 10.3. The molecule has 3 rings (SSSR count). The fourth-order valence-corrected chi connectivity index (χ4v) is 4.78. The van der Waals surface area contributed by atoms with Crippen LogP contribution in [0.2, 0.25) is 5.02 Å². The first-order valence-electron chi connectivity index (χ1n) is 9.51. The second kappa shape index (κ2) is 7.96. The van der Waals surface area contributed by atoms with Gasteiger partial charge in [-0.2, -0.15) is 10.8 Å². The van der Waals surface area contributed by atoms with Gasteiger partial charge in [0.2, 0.25) is 0 Å². The lowest BCUT2D eigenvalue weighted by Gasteiger charge is -2.63. The normalized spacial score (nSPS) is 20.9. The maximum absolute atomic E-state index is 12.8. The van der Waals surface area contributed by atoms with Crippen LogP contribution in [0, 0.1) is 27.7 Å². The maximum atomic E-state index is 12.8. The molecule has 0 saturated heterocycles. The third kappa shape index (κ3) is 3.83. The van der Waals surface area contributed by atoms with Crippen LogP contribution in [0.5, 0.6) is 5.75 Å². The van der Waals surface area contributed by atoms with E-state index in [9.17, 15) is 4.79 Å². The fraction of sp³-hybridized carbons (Fsp3) is 0.364. The van der Waals surface area contributed by atoms with E-state index in [1.165, 1.54) is 0 Å². The number of halogens is 1. The van der Waals surface area contributed by atoms with Gasteiger partial charge in [0.25, 0.3) is 5.91 Å². The molecule has 0 heterocycles. The number of benzene rings is 2. The first-order valence-corrected chi connectivity index (χ1v) is 9.88. The van der Waals surface area contributed by atoms with Gasteiger partial charge in [-0.05, 0) is 36.4 Å². The van der Waals surface area contributed by atoms with Gasteiger partial charge in [-0.25, -0.2) is 0 Å². The molecule has 0 radical (unpaired) electrons. The van der Waals surface area contributed by atoms with Gasteiger partial charge in [0.15, 0.2) is 0 Å². The van der Waals surface area contributed by atoms with Crippen molar-refractivity contribution in [2.24, 2.45) is 16.1 Å². The molecule has 2 aromatic carbocycles. The van der Waals surface area contributed by atoms with Crippen molar-refractivity contribution in [3.05, 3.63) is 58.6 Å². The Morgan fingerprint density at radius 3 is 2.33 bits per heavy atom. The number of rotatable bonds is 6. The standard InChI is InChI=1S/C22H24ClN5O2/c1-21(2)19(26-18(29)13-5-8-15(9-6-13)27-28-25)22(3,4)20(21)30-16-10-7-14(12-24)17(23)11-16/h5-11,19-20H,1-4H3,(H2,25,27)(H,26,29)/t19-,20-. The number of nitriles is 1. The van der Waals surface area contributed by atoms with Crippen molar-refractivity contribution in [3.8, 4) is 11.8 Å². The van der Waals surface area contributed by atoms with E-state index in [4.69, 9.17) is 27.1 Å². The summed E-state index contributed by atoms with van der Waals surface area (Å²) in [7, 11) is 0. The highest BCUT2D eigenvalue weighted by molar-refractivity contribution is 6.31. The number of hydrogen-bond acceptors (Lipinski definition) is 5. The van der Waals surface area contributed by atoms with Crippen LogP contribution in [-0.2, 0) is 0 Å². The Bertz CT molecular complexity index is 995. The minimum atomic E-state index is -0.328. The number of nitrogens with one attached hydrogen (secondary N) is 3. The summed E-state index contributed by atoms with van der Waals surface area (Å²) in [6.45, 7) is 8.23. The Labute approximate surface area is 180 Å². The number of anilines is 1. The molecule has 8 heteroatoms. The van der Waals surface area contributed by atoms with Crippen LogP contribution in [0.25, 0.3) is 0 Å². The monoisotopic (exact) mass is 425 g/mol. The lowest BCUT2D eigenvalue weighted by Crippen LogP contribution is -2.74. The number of carbonyl (C=O) groups excluding carboxylic acids is 1. The number of ether oxygens (including phenoxy) is 1. The minimum absolute atomic E-state index is 0.114. The summed E-state index contributed by atoms with van der Waals surface area (Å²) in [4.78, 5) is 12.8. The Morgan fingerprint density at radius 2 is 1.80 bits per heavy atom. The summed E-state index contributed by atoms with van der Waals surface area (Å²) < 4.78 is 6.24. The average Bonchev–Trinajstić information content (AvgIpc) is 2.70. The van der Waals surface area contributed by atoms with E-state index >= 15 is 0 Å². The molecule has 1 aliphatic carbocycles. The molecule has 1 amide bonds. The van der Waals surface area contributed by atoms with Crippen molar-refractivity contribution in [2.45, 2.75) is 39.8 Å². The van der Waals surface area contributed by atoms with Gasteiger partial charge >= 0.3 is 0 Å². The second-order valence-electron chi connectivity index (χ2n) is 8.60. The first-order chi connectivity index (χ1) is 14.1. The summed E-state index contributed by atoms with van der Waals surface area (Å²) in [5, 5.41) is 15.6. The lowest BCUT2D eigenvalue weighted by atomic mass is 9.49. The minimum Gasteiger partial charge on any atom is -0.489 e. The molecular formula is C22H24ClN5O2. The van der Waals surface area contributed by atoms with Crippen molar-refractivity contribution >= 4 is 23.2 Å². The largest absolute Gasteiger partial charge is 0.489 e. The zero-order chi connectivity index (χ0) is 22.1. The van der Waals surface area contributed by atoms with E-state index in [1.807, 2.05) is 6.07 Å². The van der Waals surface area contributed by atoms with Gasteiger partial charge in [-0.1, -0.05) is 44.5 Å². The van der Waals surface area contributed by atoms with Crippen LogP contribution in [0.4, 0.5) is 5.69 Å². The number of nitrogens with zero attached hydrogens (tertiary/aromatic N) is 2. The fourth-order valence-electron chi connectivity index (χ4n) is 4.57. The molecule has 0 unspecified atom stereocenters. The Morgan fingerprint density at radius 1 is 1.17 bits per heavy atom. The van der Waals surface area contributed by atoms with Crippen LogP contribution in [0.1, 0.15) is 43.6 Å². The second-order valence-corrected chi connectivity index (χ2v) is 9.01. The Balaban J connectivity index is 1.73. The average molecular weight is 426 g/mol. The highest BCUT2D eigenvalue weighted by Crippen LogP contribution is 2.55. The van der Waals surface area contributed by atoms with Gasteiger partial charge in [-0.3, -0.25) is 10.2 Å². The lowest BCUT2D eigenvalue weighted by molar-refractivity contribution is -0.164. The molecule has 0 atom stereocenters. The van der Waals surface area contributed by atoms with E-state index < -0.39 is 0 Å². The smallest absolute Gasteiger partial charge is 0.251 e. The molecule has 0 spiro atoms. The Hall–Kier alpha value is -3.11. The van der Waals surface area contributed by atoms with Crippen molar-refractivity contribution in [2.75, 3.05) is 5.43 Å². The van der Waals surface area contributed by atoms with E-state index in [-0.39, 0.29) is 28.9 Å². The first kappa shape index (κ1) is 21.6. The summed E-state index contributed by atoms with van der Waals surface area (Å²) in [6.07, 6.45) is -0.162. The van der Waals surface area contributed by atoms with Crippen LogP contribution >= 0.6 is 11.6 Å². The zero-order valence-corrected chi connectivity index (χ0v) is 18.0. The van der Waals surface area contributed by atoms with Crippen LogP contribution in [0.3, 0.4) is 0 Å². The predicted octanol–water partition coefficient (Wildman–Crippen LogP) is 5.18. The molecule has 1 fully saturated rings. The summed E-state index contributed by atoms with van der Waals surface area (Å²) in [6, 6.07) is 13.7. The predicted molar refractivity (Wildman–Crippen MR) is 115 cm³/mol. The van der Waals surface area contributed by atoms with Gasteiger partial charge in [0, 0.05) is 28.5 Å². The van der Waals surface area contributed by atoms with Gasteiger partial charge < -0.3 is 10.1 Å². The summed E-state index contributed by atoms with van der Waals surface area (Å²) >= 11 is 6.13. The van der Waals surface area contributed by atoms with Crippen LogP contribution in [-0.4, -0.2) is 18.1 Å². The maximum Gasteiger partial charge on any atom is 0.251 e. The van der Waals surface area contributed by atoms with Crippen LogP contribution in [0.15, 0.2) is 47.7 Å². The van der Waals surface area contributed by atoms with E-state index in [1.54, 1.807) is 42.5 Å². The topological polar surface area (TPSA) is 110 Å². The van der Waals surface area contributed by atoms with E-state index in [0.717, 1.165) is 0 Å². The van der Waals surface area contributed by atoms with Crippen LogP contribution < -0.4 is 15.5 Å². The molecule has 0 aliphatic heterocycles. The van der Waals surface area contributed by atoms with Crippen molar-refractivity contribution < 1.29 is 9.53 Å². The highest BCUT2D eigenvalue weighted by Gasteiger charge is 2.64. The molecule has 1 saturated carbocycles. The molecule has 1 aliphatic rings. The van der Waals surface area contributed by atoms with E-state index in [2.05, 4.69) is 43.7 Å². The zero-order valence-electron chi connectivity index (χ0n) is 17.3. The van der Waals surface area contributed by atoms with Crippen molar-refractivity contribution in [1.29, 1.82) is 10.8 Å². The third-order valence-electron chi connectivity index (χ3n) is 5.76. The molecule has 156 valence electrons.